The lowest BCUT2D eigenvalue weighted by Gasteiger charge is -2.12. The molecular weight excluding hydrogens is 424 g/mol. The van der Waals surface area contributed by atoms with Gasteiger partial charge in [0.15, 0.2) is 6.61 Å². The number of hydrogen-bond acceptors (Lipinski definition) is 4. The fourth-order valence-electron chi connectivity index (χ4n) is 2.77. The molecule has 6 nitrogen and oxygen atoms in total. The largest absolute Gasteiger partial charge is 0.482 e. The van der Waals surface area contributed by atoms with Gasteiger partial charge < -0.3 is 10.1 Å². The van der Waals surface area contributed by atoms with E-state index in [4.69, 9.17) is 16.3 Å². The van der Waals surface area contributed by atoms with Crippen molar-refractivity contribution in [3.63, 3.8) is 0 Å². The predicted octanol–water partition coefficient (Wildman–Crippen LogP) is 4.78. The molecule has 3 aromatic carbocycles. The fourth-order valence-corrected chi connectivity index (χ4v) is 4.15. The molecule has 0 fully saturated rings. The zero-order valence-corrected chi connectivity index (χ0v) is 18.0. The van der Waals surface area contributed by atoms with Gasteiger partial charge in [0.1, 0.15) is 5.75 Å². The van der Waals surface area contributed by atoms with E-state index < -0.39 is 10.0 Å². The van der Waals surface area contributed by atoms with Crippen LogP contribution in [0.1, 0.15) is 11.1 Å². The molecule has 8 heteroatoms. The first kappa shape index (κ1) is 21.7. The number of ether oxygens (including phenoxy) is 1. The monoisotopic (exact) mass is 444 g/mol. The molecule has 0 heterocycles. The normalized spacial score (nSPS) is 11.0. The van der Waals surface area contributed by atoms with Crippen molar-refractivity contribution in [2.75, 3.05) is 16.6 Å². The van der Waals surface area contributed by atoms with E-state index in [9.17, 15) is 13.2 Å². The van der Waals surface area contributed by atoms with E-state index in [-0.39, 0.29) is 28.2 Å². The van der Waals surface area contributed by atoms with Crippen LogP contribution in [0.15, 0.2) is 71.6 Å². The van der Waals surface area contributed by atoms with Gasteiger partial charge in [0.05, 0.1) is 9.92 Å². The molecule has 0 unspecified atom stereocenters. The van der Waals surface area contributed by atoms with Gasteiger partial charge in [0.25, 0.3) is 15.9 Å². The number of sulfonamides is 1. The summed E-state index contributed by atoms with van der Waals surface area (Å²) >= 11 is 6.18. The number of rotatable bonds is 7. The van der Waals surface area contributed by atoms with Crippen LogP contribution in [0.2, 0.25) is 5.02 Å². The summed E-state index contributed by atoms with van der Waals surface area (Å²) in [5.41, 5.74) is 3.19. The van der Waals surface area contributed by atoms with Gasteiger partial charge in [-0.1, -0.05) is 47.5 Å². The summed E-state index contributed by atoms with van der Waals surface area (Å²) in [6.45, 7) is 3.62. The first-order valence-electron chi connectivity index (χ1n) is 9.12. The van der Waals surface area contributed by atoms with Crippen molar-refractivity contribution < 1.29 is 17.9 Å². The van der Waals surface area contributed by atoms with Crippen LogP contribution in [-0.2, 0) is 14.8 Å². The summed E-state index contributed by atoms with van der Waals surface area (Å²) in [4.78, 5) is 12.2. The maximum absolute atomic E-state index is 12.5. The first-order valence-corrected chi connectivity index (χ1v) is 11.0. The Morgan fingerprint density at radius 3 is 2.40 bits per heavy atom. The van der Waals surface area contributed by atoms with Crippen LogP contribution < -0.4 is 14.8 Å². The highest BCUT2D eigenvalue weighted by molar-refractivity contribution is 7.92. The third kappa shape index (κ3) is 5.52. The molecule has 156 valence electrons. The Labute approximate surface area is 180 Å². The number of benzene rings is 3. The summed E-state index contributed by atoms with van der Waals surface area (Å²) < 4.78 is 33.0. The number of carbonyl (C=O) groups is 1. The zero-order valence-electron chi connectivity index (χ0n) is 16.5. The average Bonchev–Trinajstić information content (AvgIpc) is 2.69. The highest BCUT2D eigenvalue weighted by Gasteiger charge is 2.17. The van der Waals surface area contributed by atoms with Crippen LogP contribution >= 0.6 is 11.6 Å². The molecule has 0 aliphatic rings. The van der Waals surface area contributed by atoms with Crippen LogP contribution in [0.4, 0.5) is 11.4 Å². The maximum atomic E-state index is 12.5. The topological polar surface area (TPSA) is 84.5 Å². The van der Waals surface area contributed by atoms with Crippen LogP contribution in [0.3, 0.4) is 0 Å². The molecule has 1 amide bonds. The lowest BCUT2D eigenvalue weighted by Crippen LogP contribution is -2.21. The number of nitrogens with one attached hydrogen (secondary N) is 2. The van der Waals surface area contributed by atoms with Gasteiger partial charge >= 0.3 is 0 Å². The van der Waals surface area contributed by atoms with Crippen LogP contribution in [0.5, 0.6) is 5.75 Å². The summed E-state index contributed by atoms with van der Waals surface area (Å²) in [5.74, 6) is -0.133. The molecule has 0 aromatic heterocycles. The van der Waals surface area contributed by atoms with Crippen LogP contribution in [0.25, 0.3) is 0 Å². The maximum Gasteiger partial charge on any atom is 0.262 e. The van der Waals surface area contributed by atoms with Crippen LogP contribution in [-0.4, -0.2) is 20.9 Å². The molecule has 3 aromatic rings. The average molecular weight is 445 g/mol. The predicted molar refractivity (Wildman–Crippen MR) is 119 cm³/mol. The van der Waals surface area contributed by atoms with E-state index in [0.717, 1.165) is 11.1 Å². The molecule has 2 N–H and O–H groups in total. The second-order valence-electron chi connectivity index (χ2n) is 6.72. The number of para-hydroxylation sites is 1. The quantitative estimate of drug-likeness (QED) is 0.549. The minimum absolute atomic E-state index is 0.0107. The van der Waals surface area contributed by atoms with Gasteiger partial charge in [-0.25, -0.2) is 8.42 Å². The Morgan fingerprint density at radius 2 is 1.73 bits per heavy atom. The van der Waals surface area contributed by atoms with Gasteiger partial charge in [-0.05, 0) is 55.8 Å². The van der Waals surface area contributed by atoms with E-state index in [1.165, 1.54) is 18.2 Å². The van der Waals surface area contributed by atoms with E-state index in [0.29, 0.717) is 11.4 Å². The Hall–Kier alpha value is -3.03. The van der Waals surface area contributed by atoms with Crippen molar-refractivity contribution in [3.05, 3.63) is 82.9 Å². The Kier molecular flexibility index (Phi) is 6.64. The molecule has 0 aliphatic carbocycles. The molecule has 0 bridgehead atoms. The zero-order chi connectivity index (χ0) is 21.7. The van der Waals surface area contributed by atoms with Crippen molar-refractivity contribution >= 4 is 38.9 Å². The second-order valence-corrected chi connectivity index (χ2v) is 8.81. The number of halogens is 1. The SMILES string of the molecule is Cc1ccc(NC(=O)COc2ccc(S(=O)(=O)Nc3ccccc3)cc2Cl)c(C)c1. The van der Waals surface area contributed by atoms with Gasteiger partial charge in [-0.3, -0.25) is 9.52 Å². The first-order chi connectivity index (χ1) is 14.2. The summed E-state index contributed by atoms with van der Waals surface area (Å²) in [7, 11) is -3.80. The molecule has 0 atom stereocenters. The number of anilines is 2. The van der Waals surface area contributed by atoms with Crippen molar-refractivity contribution in [1.29, 1.82) is 0 Å². The van der Waals surface area contributed by atoms with E-state index in [1.54, 1.807) is 30.3 Å². The Morgan fingerprint density at radius 1 is 1.00 bits per heavy atom. The number of amides is 1. The Balaban J connectivity index is 1.64. The molecule has 0 saturated heterocycles. The van der Waals surface area contributed by atoms with Gasteiger partial charge in [-0.15, -0.1) is 0 Å². The molecule has 30 heavy (non-hydrogen) atoms. The standard InChI is InChI=1S/C22H21ClN2O4S/c1-15-8-10-20(16(2)12-15)24-22(26)14-29-21-11-9-18(13-19(21)23)30(27,28)25-17-6-4-3-5-7-17/h3-13,25H,14H2,1-2H3,(H,24,26). The second kappa shape index (κ2) is 9.19. The third-order valence-electron chi connectivity index (χ3n) is 4.25. The smallest absolute Gasteiger partial charge is 0.262 e. The molecule has 0 radical (unpaired) electrons. The van der Waals surface area contributed by atoms with E-state index in [2.05, 4.69) is 10.0 Å². The molecule has 0 saturated carbocycles. The number of hydrogen-bond donors (Lipinski definition) is 2. The van der Waals surface area contributed by atoms with Crippen molar-refractivity contribution in [3.8, 4) is 5.75 Å². The third-order valence-corrected chi connectivity index (χ3v) is 5.93. The molecule has 0 aliphatic heterocycles. The van der Waals surface area contributed by atoms with Crippen molar-refractivity contribution in [2.24, 2.45) is 0 Å². The lowest BCUT2D eigenvalue weighted by atomic mass is 10.1. The van der Waals surface area contributed by atoms with E-state index >= 15 is 0 Å². The highest BCUT2D eigenvalue weighted by atomic mass is 35.5. The fraction of sp³-hybridized carbons (Fsp3) is 0.136. The Bertz CT molecular complexity index is 1170. The summed E-state index contributed by atoms with van der Waals surface area (Å²) in [5, 5.41) is 2.87. The van der Waals surface area contributed by atoms with E-state index in [1.807, 2.05) is 32.0 Å². The van der Waals surface area contributed by atoms with Crippen molar-refractivity contribution in [1.82, 2.24) is 0 Å². The minimum Gasteiger partial charge on any atom is -0.482 e. The molecule has 3 rings (SSSR count). The lowest BCUT2D eigenvalue weighted by molar-refractivity contribution is -0.118. The van der Waals surface area contributed by atoms with Gasteiger partial charge in [0.2, 0.25) is 0 Å². The highest BCUT2D eigenvalue weighted by Crippen LogP contribution is 2.28. The minimum atomic E-state index is -3.80. The van der Waals surface area contributed by atoms with Gasteiger partial charge in [-0.2, -0.15) is 0 Å². The van der Waals surface area contributed by atoms with Gasteiger partial charge in [0, 0.05) is 11.4 Å². The summed E-state index contributed by atoms with van der Waals surface area (Å²) in [6.07, 6.45) is 0. The molecule has 0 spiro atoms. The number of aryl methyl sites for hydroxylation is 2. The van der Waals surface area contributed by atoms with Crippen molar-refractivity contribution in [2.45, 2.75) is 18.7 Å². The van der Waals surface area contributed by atoms with Crippen LogP contribution in [0, 0.1) is 13.8 Å². The molecular formula is C22H21ClN2O4S. The summed E-state index contributed by atoms with van der Waals surface area (Å²) in [6, 6.07) is 18.3. The number of carbonyl (C=O) groups excluding carboxylic acids is 1.